The topological polar surface area (TPSA) is 160 Å². The molecule has 13 nitrogen and oxygen atoms in total. The predicted octanol–water partition coefficient (Wildman–Crippen LogP) is 27.9. The van der Waals surface area contributed by atoms with Crippen LogP contribution in [0.25, 0.3) is 142 Å². The summed E-state index contributed by atoms with van der Waals surface area (Å²) < 4.78 is 2.18. The molecule has 0 amide bonds. The van der Waals surface area contributed by atoms with Crippen molar-refractivity contribution in [3.8, 4) is 130 Å². The lowest BCUT2D eigenvalue weighted by molar-refractivity contribution is 0.543. The minimum atomic E-state index is -0.129. The molecule has 0 aliphatic carbocycles. The average molecular weight is 1640 g/mol. The highest BCUT2D eigenvalue weighted by molar-refractivity contribution is 5.81. The van der Waals surface area contributed by atoms with Gasteiger partial charge in [-0.2, -0.15) is 0 Å². The Morgan fingerprint density at radius 2 is 0.432 bits per heavy atom. The summed E-state index contributed by atoms with van der Waals surface area (Å²) in [5.74, 6) is 6.84. The number of hydrogen-bond acceptors (Lipinski definition) is 12. The van der Waals surface area contributed by atoms with Gasteiger partial charge in [-0.05, 0) is 69.3 Å². The number of hydrogen-bond donors (Lipinski definition) is 0. The smallest absolute Gasteiger partial charge is 0.178 e. The van der Waals surface area contributed by atoms with Crippen LogP contribution in [-0.4, -0.2) is 64.4 Å². The van der Waals surface area contributed by atoms with Crippen LogP contribution in [0.15, 0.2) is 376 Å². The Balaban J connectivity index is 0.000000127. The molecule has 18 rings (SSSR count). The number of aromatic nitrogens is 13. The Kier molecular flexibility index (Phi) is 26.9. The van der Waals surface area contributed by atoms with Crippen LogP contribution in [0.1, 0.15) is 132 Å². The van der Waals surface area contributed by atoms with Gasteiger partial charge in [0.05, 0.1) is 28.3 Å². The van der Waals surface area contributed by atoms with Crippen molar-refractivity contribution in [2.24, 2.45) is 0 Å². The van der Waals surface area contributed by atoms with Crippen LogP contribution in [0, 0.1) is 0 Å². The largest absolute Gasteiger partial charge is 0.291 e. The fourth-order valence-corrected chi connectivity index (χ4v) is 13.8. The molecule has 13 heteroatoms. The first kappa shape index (κ1) is 86.8. The van der Waals surface area contributed by atoms with E-state index >= 15 is 0 Å². The molecule has 0 fully saturated rings. The van der Waals surface area contributed by atoms with Gasteiger partial charge in [-0.15, -0.1) is 0 Å². The highest BCUT2D eigenvalue weighted by Crippen LogP contribution is 2.36. The molecule has 0 radical (unpaired) electrons. The van der Waals surface area contributed by atoms with Gasteiger partial charge in [-0.25, -0.2) is 59.8 Å². The molecule has 6 heterocycles. The summed E-state index contributed by atoms with van der Waals surface area (Å²) in [6.45, 7) is 32.8. The molecule has 0 aliphatic heterocycles. The monoisotopic (exact) mass is 1630 g/mol. The minimum Gasteiger partial charge on any atom is -0.291 e. The van der Waals surface area contributed by atoms with E-state index in [9.17, 15) is 0 Å². The van der Waals surface area contributed by atoms with Gasteiger partial charge >= 0.3 is 0 Å². The second kappa shape index (κ2) is 38.7. The van der Waals surface area contributed by atoms with Gasteiger partial charge in [-0.3, -0.25) is 4.57 Å². The molecule has 18 aromatic rings. The van der Waals surface area contributed by atoms with Gasteiger partial charge in [0, 0.05) is 83.9 Å². The van der Waals surface area contributed by atoms with E-state index in [-0.39, 0.29) is 27.1 Å². The van der Waals surface area contributed by atoms with E-state index in [2.05, 4.69) is 280 Å². The van der Waals surface area contributed by atoms with Crippen LogP contribution >= 0.6 is 0 Å². The molecule has 0 spiro atoms. The lowest BCUT2D eigenvalue weighted by Crippen LogP contribution is -2.18. The van der Waals surface area contributed by atoms with Crippen LogP contribution in [0.4, 0.5) is 0 Å². The number of rotatable bonds is 12. The van der Waals surface area contributed by atoms with Gasteiger partial charge in [0.25, 0.3) is 0 Å². The minimum absolute atomic E-state index is 0.0890. The highest BCUT2D eigenvalue weighted by atomic mass is 15.1. The molecule has 620 valence electrons. The van der Waals surface area contributed by atoms with Crippen molar-refractivity contribution in [2.75, 3.05) is 0 Å². The maximum atomic E-state index is 4.88. The van der Waals surface area contributed by atoms with Crippen LogP contribution in [0.3, 0.4) is 0 Å². The van der Waals surface area contributed by atoms with Crippen molar-refractivity contribution in [3.05, 3.63) is 405 Å². The summed E-state index contributed by atoms with van der Waals surface area (Å²) in [7, 11) is 0. The number of benzene rings is 12. The van der Waals surface area contributed by atoms with Gasteiger partial charge < -0.3 is 0 Å². The Hall–Kier alpha value is -14.6. The van der Waals surface area contributed by atoms with E-state index in [0.717, 1.165) is 136 Å². The number of fused-ring (bicyclic) bond motifs is 1. The highest BCUT2D eigenvalue weighted by Gasteiger charge is 2.25. The Labute approximate surface area is 736 Å². The number of pyridine rings is 1. The Morgan fingerprint density at radius 1 is 0.192 bits per heavy atom. The molecule has 0 unspecified atom stereocenters. The van der Waals surface area contributed by atoms with Gasteiger partial charge in [0.1, 0.15) is 17.5 Å². The molecule has 0 saturated carbocycles. The zero-order valence-corrected chi connectivity index (χ0v) is 74.1. The lowest BCUT2D eigenvalue weighted by Gasteiger charge is -2.19. The van der Waals surface area contributed by atoms with Crippen molar-refractivity contribution < 1.29 is 0 Å². The van der Waals surface area contributed by atoms with E-state index in [1.165, 1.54) is 16.7 Å². The summed E-state index contributed by atoms with van der Waals surface area (Å²) >= 11 is 0. The predicted molar refractivity (Wildman–Crippen MR) is 516 cm³/mol. The first-order chi connectivity index (χ1) is 60.1. The van der Waals surface area contributed by atoms with Crippen LogP contribution in [0.5, 0.6) is 0 Å². The Bertz CT molecular complexity index is 5960. The van der Waals surface area contributed by atoms with E-state index in [1.54, 1.807) is 6.20 Å². The third kappa shape index (κ3) is 22.6. The number of imidazole rings is 1. The van der Waals surface area contributed by atoms with Crippen molar-refractivity contribution >= 4 is 11.2 Å². The van der Waals surface area contributed by atoms with E-state index in [0.29, 0.717) is 17.5 Å². The Morgan fingerprint density at radius 3 is 0.720 bits per heavy atom. The lowest BCUT2D eigenvalue weighted by atomic mass is 9.86. The van der Waals surface area contributed by atoms with Crippen molar-refractivity contribution in [1.29, 1.82) is 0 Å². The number of nitrogens with zero attached hydrogens (tertiary/aromatic N) is 13. The standard InChI is InChI=1S/C26H24N2.C25H23N3.C22H21N3.C20H20N2.C19H19N3/c1-26(2,3)22-16-14-21(15-17-22)25-27-23(19-10-6-4-7-11-19)18-24(28-25)20-12-8-5-9-13-20;1-25(2,3)21-16-14-20(15-17-21)24-27-22(18-10-6-4-7-11-18)26-23(28-24)19-12-8-5-9-13-19;1-22(2,3)17-13-11-16(12-14-17)21-24-20-19(10-7-15-23-20)25(21)18-8-5-4-6-9-18;1-20(2,3)19-21-17(15-10-6-4-7-11-15)14-18(22-19)16-12-8-5-9-13-16;1-19(2,3)18-21-16(14-10-6-4-7-11-14)20-17(22-18)15-12-8-5-9-13-15/h4-18H,1-3H3;4-17H,1-3H3;4-15H,1-3H3;4-14H,1-3H3;4-13H,1-3H3. The van der Waals surface area contributed by atoms with Gasteiger partial charge in [0.2, 0.25) is 0 Å². The third-order valence-corrected chi connectivity index (χ3v) is 20.9. The van der Waals surface area contributed by atoms with Crippen molar-refractivity contribution in [3.63, 3.8) is 0 Å². The number of para-hydroxylation sites is 1. The quantitative estimate of drug-likeness (QED) is 0.114. The second-order valence-electron chi connectivity index (χ2n) is 35.9. The average Bonchev–Trinajstić information content (AvgIpc) is 1.64. The van der Waals surface area contributed by atoms with Crippen LogP contribution in [-0.2, 0) is 27.1 Å². The zero-order valence-electron chi connectivity index (χ0n) is 74.1. The fourth-order valence-electron chi connectivity index (χ4n) is 13.8. The van der Waals surface area contributed by atoms with Crippen molar-refractivity contribution in [2.45, 2.75) is 131 Å². The molecule has 0 aliphatic rings. The summed E-state index contributed by atoms with van der Waals surface area (Å²) in [6.07, 6.45) is 1.79. The molecule has 125 heavy (non-hydrogen) atoms. The molecule has 6 aromatic heterocycles. The van der Waals surface area contributed by atoms with Crippen LogP contribution in [0.2, 0.25) is 0 Å². The van der Waals surface area contributed by atoms with E-state index in [1.807, 2.05) is 218 Å². The first-order valence-corrected chi connectivity index (χ1v) is 42.6. The van der Waals surface area contributed by atoms with Gasteiger partial charge in [0.15, 0.2) is 40.6 Å². The van der Waals surface area contributed by atoms with Crippen LogP contribution < -0.4 is 0 Å². The van der Waals surface area contributed by atoms with Crippen molar-refractivity contribution in [1.82, 2.24) is 64.4 Å². The normalized spacial score (nSPS) is 11.5. The molecular weight excluding hydrogens is 1530 g/mol. The molecule has 0 atom stereocenters. The maximum Gasteiger partial charge on any atom is 0.178 e. The van der Waals surface area contributed by atoms with Gasteiger partial charge in [-0.1, -0.05) is 438 Å². The van der Waals surface area contributed by atoms with E-state index < -0.39 is 0 Å². The summed E-state index contributed by atoms with van der Waals surface area (Å²) in [5.41, 5.74) is 22.3. The van der Waals surface area contributed by atoms with E-state index in [4.69, 9.17) is 39.9 Å². The molecule has 12 aromatic carbocycles. The molecule has 0 N–H and O–H groups in total. The summed E-state index contributed by atoms with van der Waals surface area (Å²) in [4.78, 5) is 56.9. The molecule has 0 bridgehead atoms. The maximum absolute atomic E-state index is 4.88. The fraction of sp³-hybridized carbons (Fsp3) is 0.179. The summed E-state index contributed by atoms with van der Waals surface area (Å²) in [5, 5.41) is 0. The first-order valence-electron chi connectivity index (χ1n) is 42.6. The SMILES string of the molecule is CC(C)(C)c1ccc(-c2nc(-c3ccccc3)cc(-c3ccccc3)n2)cc1.CC(C)(C)c1ccc(-c2nc(-c3ccccc3)nc(-c3ccccc3)n2)cc1.CC(C)(C)c1ccc(-c2nc3ncccc3n2-c2ccccc2)cc1.CC(C)(C)c1nc(-c2ccccc2)cc(-c2ccccc2)n1.CC(C)(C)c1nc(-c2ccccc2)nc(-c2ccccc2)n1. The molecular formula is C112H107N13. The zero-order chi connectivity index (χ0) is 87.7. The third-order valence-electron chi connectivity index (χ3n) is 20.9. The second-order valence-corrected chi connectivity index (χ2v) is 35.9. The molecule has 0 saturated heterocycles. The summed E-state index contributed by atoms with van der Waals surface area (Å²) in [6, 6.07) is 126.